The van der Waals surface area contributed by atoms with Crippen LogP contribution < -0.4 is 10.1 Å². The van der Waals surface area contributed by atoms with Crippen molar-refractivity contribution in [2.75, 3.05) is 13.7 Å². The molecule has 0 spiro atoms. The van der Waals surface area contributed by atoms with Gasteiger partial charge in [0.05, 0.1) is 24.1 Å². The lowest BCUT2D eigenvalue weighted by atomic mass is 9.84. The van der Waals surface area contributed by atoms with Gasteiger partial charge >= 0.3 is 0 Å². The molecule has 4 rings (SSSR count). The molecule has 0 bridgehead atoms. The zero-order valence-electron chi connectivity index (χ0n) is 16.3. The minimum absolute atomic E-state index is 0.0522. The average Bonchev–Trinajstić information content (AvgIpc) is 3.38. The summed E-state index contributed by atoms with van der Waals surface area (Å²) in [6, 6.07) is 16.0. The second-order valence-corrected chi connectivity index (χ2v) is 7.54. The molecule has 1 heterocycles. The van der Waals surface area contributed by atoms with Gasteiger partial charge < -0.3 is 15.0 Å². The van der Waals surface area contributed by atoms with Crippen molar-refractivity contribution < 1.29 is 9.53 Å². The zero-order valence-corrected chi connectivity index (χ0v) is 16.3. The normalized spacial score (nSPS) is 15.6. The molecule has 1 aromatic heterocycles. The fourth-order valence-corrected chi connectivity index (χ4v) is 4.29. The summed E-state index contributed by atoms with van der Waals surface area (Å²) < 4.78 is 5.26. The van der Waals surface area contributed by atoms with Crippen LogP contribution in [0.2, 0.25) is 0 Å². The number of imidazole rings is 1. The highest BCUT2D eigenvalue weighted by atomic mass is 16.5. The molecule has 1 amide bonds. The molecular formula is C23H27N3O2. The summed E-state index contributed by atoms with van der Waals surface area (Å²) >= 11 is 0. The molecule has 1 atom stereocenters. The van der Waals surface area contributed by atoms with E-state index in [4.69, 9.17) is 4.74 Å². The number of hydrogen-bond donors (Lipinski definition) is 2. The molecule has 5 heteroatoms. The summed E-state index contributed by atoms with van der Waals surface area (Å²) in [7, 11) is 1.65. The second-order valence-electron chi connectivity index (χ2n) is 7.54. The number of ether oxygens (including phenoxy) is 1. The highest BCUT2D eigenvalue weighted by Gasteiger charge is 2.31. The van der Waals surface area contributed by atoms with Crippen LogP contribution in [-0.2, 0) is 11.2 Å². The summed E-state index contributed by atoms with van der Waals surface area (Å²) in [6.07, 6.45) is 5.40. The van der Waals surface area contributed by atoms with Crippen molar-refractivity contribution in [3.8, 4) is 5.75 Å². The number of hydrogen-bond acceptors (Lipinski definition) is 3. The van der Waals surface area contributed by atoms with Crippen LogP contribution in [0.3, 0.4) is 0 Å². The van der Waals surface area contributed by atoms with Gasteiger partial charge in [-0.05, 0) is 36.5 Å². The fraction of sp³-hybridized carbons (Fsp3) is 0.391. The summed E-state index contributed by atoms with van der Waals surface area (Å²) in [5.41, 5.74) is 2.99. The van der Waals surface area contributed by atoms with Gasteiger partial charge in [-0.15, -0.1) is 0 Å². The number of carbonyl (C=O) groups is 1. The molecule has 1 aliphatic carbocycles. The van der Waals surface area contributed by atoms with Crippen molar-refractivity contribution in [2.24, 2.45) is 5.92 Å². The molecule has 3 aromatic rings. The van der Waals surface area contributed by atoms with Crippen LogP contribution in [-0.4, -0.2) is 29.5 Å². The van der Waals surface area contributed by atoms with Gasteiger partial charge in [0.1, 0.15) is 11.6 Å². The third-order valence-corrected chi connectivity index (χ3v) is 5.71. The van der Waals surface area contributed by atoms with Crippen LogP contribution in [0.25, 0.3) is 11.0 Å². The van der Waals surface area contributed by atoms with Gasteiger partial charge in [-0.3, -0.25) is 4.79 Å². The molecule has 2 N–H and O–H groups in total. The Hall–Kier alpha value is -2.82. The number of methoxy groups -OCH3 is 1. The average molecular weight is 377 g/mol. The number of nitrogens with one attached hydrogen (secondary N) is 2. The number of aromatic nitrogens is 2. The molecule has 1 aliphatic rings. The number of H-pyrrole nitrogens is 1. The van der Waals surface area contributed by atoms with Crippen LogP contribution in [0, 0.1) is 5.92 Å². The SMILES string of the molecule is COc1ccc2nc(CCNC(=O)[C@H](c3ccccc3)C3CCCC3)[nH]c2c1. The third-order valence-electron chi connectivity index (χ3n) is 5.71. The predicted molar refractivity (Wildman–Crippen MR) is 111 cm³/mol. The Bertz CT molecular complexity index is 929. The largest absolute Gasteiger partial charge is 0.497 e. The predicted octanol–water partition coefficient (Wildman–Crippen LogP) is 4.20. The maximum Gasteiger partial charge on any atom is 0.227 e. The van der Waals surface area contributed by atoms with Crippen LogP contribution in [0.5, 0.6) is 5.75 Å². The van der Waals surface area contributed by atoms with Crippen molar-refractivity contribution in [3.05, 3.63) is 59.9 Å². The molecule has 0 radical (unpaired) electrons. The number of rotatable bonds is 7. The van der Waals surface area contributed by atoms with Gasteiger partial charge in [0.15, 0.2) is 0 Å². The first-order valence-electron chi connectivity index (χ1n) is 10.1. The maximum atomic E-state index is 13.0. The Morgan fingerprint density at radius 1 is 1.21 bits per heavy atom. The standard InChI is InChI=1S/C23H27N3O2/c1-28-18-11-12-19-20(15-18)26-21(25-19)13-14-24-23(27)22(17-9-5-6-10-17)16-7-3-2-4-8-16/h2-4,7-8,11-12,15,17,22H,5-6,9-10,13-14H2,1H3,(H,24,27)(H,25,26)/t22-/m1/s1. The molecular weight excluding hydrogens is 350 g/mol. The van der Waals surface area contributed by atoms with Crippen LogP contribution in [0.4, 0.5) is 0 Å². The first kappa shape index (κ1) is 18.5. The molecule has 2 aromatic carbocycles. The van der Waals surface area contributed by atoms with E-state index in [0.717, 1.165) is 41.0 Å². The van der Waals surface area contributed by atoms with Crippen LogP contribution >= 0.6 is 0 Å². The number of aromatic amines is 1. The highest BCUT2D eigenvalue weighted by Crippen LogP contribution is 2.37. The van der Waals surface area contributed by atoms with E-state index in [1.165, 1.54) is 12.8 Å². The summed E-state index contributed by atoms with van der Waals surface area (Å²) in [6.45, 7) is 0.575. The van der Waals surface area contributed by atoms with Gasteiger partial charge in [-0.2, -0.15) is 0 Å². The fourth-order valence-electron chi connectivity index (χ4n) is 4.29. The highest BCUT2D eigenvalue weighted by molar-refractivity contribution is 5.84. The van der Waals surface area contributed by atoms with Gasteiger partial charge in [-0.1, -0.05) is 43.2 Å². The number of benzene rings is 2. The van der Waals surface area contributed by atoms with E-state index >= 15 is 0 Å². The number of fused-ring (bicyclic) bond motifs is 1. The molecule has 5 nitrogen and oxygen atoms in total. The maximum absolute atomic E-state index is 13.0. The van der Waals surface area contributed by atoms with E-state index < -0.39 is 0 Å². The van der Waals surface area contributed by atoms with E-state index in [-0.39, 0.29) is 11.8 Å². The summed E-state index contributed by atoms with van der Waals surface area (Å²) in [5, 5.41) is 3.15. The van der Waals surface area contributed by atoms with Crippen LogP contribution in [0.15, 0.2) is 48.5 Å². The first-order chi connectivity index (χ1) is 13.7. The summed E-state index contributed by atoms with van der Waals surface area (Å²) in [5.74, 6) is 2.21. The molecule has 0 saturated heterocycles. The molecule has 28 heavy (non-hydrogen) atoms. The van der Waals surface area contributed by atoms with Gasteiger partial charge in [-0.25, -0.2) is 4.98 Å². The van der Waals surface area contributed by atoms with E-state index in [9.17, 15) is 4.79 Å². The van der Waals surface area contributed by atoms with Crippen molar-refractivity contribution in [2.45, 2.75) is 38.0 Å². The number of carbonyl (C=O) groups excluding carboxylic acids is 1. The molecule has 1 saturated carbocycles. The van der Waals surface area contributed by atoms with E-state index in [1.54, 1.807) is 7.11 Å². The quantitative estimate of drug-likeness (QED) is 0.648. The zero-order chi connectivity index (χ0) is 19.3. The van der Waals surface area contributed by atoms with Gasteiger partial charge in [0, 0.05) is 19.0 Å². The summed E-state index contributed by atoms with van der Waals surface area (Å²) in [4.78, 5) is 20.9. The van der Waals surface area contributed by atoms with Gasteiger partial charge in [0.2, 0.25) is 5.91 Å². The number of amides is 1. The minimum Gasteiger partial charge on any atom is -0.497 e. The van der Waals surface area contributed by atoms with Crippen molar-refractivity contribution in [1.29, 1.82) is 0 Å². The van der Waals surface area contributed by atoms with Crippen molar-refractivity contribution in [3.63, 3.8) is 0 Å². The van der Waals surface area contributed by atoms with E-state index in [1.807, 2.05) is 36.4 Å². The Morgan fingerprint density at radius 2 is 2.00 bits per heavy atom. The van der Waals surface area contributed by atoms with Gasteiger partial charge in [0.25, 0.3) is 0 Å². The van der Waals surface area contributed by atoms with Crippen LogP contribution in [0.1, 0.15) is 43.0 Å². The topological polar surface area (TPSA) is 67.0 Å². The van der Waals surface area contributed by atoms with E-state index in [2.05, 4.69) is 27.4 Å². The van der Waals surface area contributed by atoms with Crippen molar-refractivity contribution >= 4 is 16.9 Å². The molecule has 146 valence electrons. The Balaban J connectivity index is 1.41. The molecule has 0 unspecified atom stereocenters. The lowest BCUT2D eigenvalue weighted by molar-refractivity contribution is -0.123. The second kappa shape index (κ2) is 8.46. The Labute approximate surface area is 165 Å². The first-order valence-corrected chi connectivity index (χ1v) is 10.1. The lowest BCUT2D eigenvalue weighted by Crippen LogP contribution is -2.34. The molecule has 1 fully saturated rings. The third kappa shape index (κ3) is 4.03. The molecule has 0 aliphatic heterocycles. The lowest BCUT2D eigenvalue weighted by Gasteiger charge is -2.23. The number of nitrogens with zero attached hydrogens (tertiary/aromatic N) is 1. The minimum atomic E-state index is -0.0522. The van der Waals surface area contributed by atoms with Crippen molar-refractivity contribution in [1.82, 2.24) is 15.3 Å². The van der Waals surface area contributed by atoms with E-state index in [0.29, 0.717) is 18.9 Å². The smallest absolute Gasteiger partial charge is 0.227 e. The Morgan fingerprint density at radius 3 is 2.75 bits per heavy atom. The Kier molecular flexibility index (Phi) is 5.60. The monoisotopic (exact) mass is 377 g/mol.